The lowest BCUT2D eigenvalue weighted by Gasteiger charge is -2.19. The third-order valence-corrected chi connectivity index (χ3v) is 6.28. The van der Waals surface area contributed by atoms with E-state index in [-0.39, 0.29) is 5.82 Å². The lowest BCUT2D eigenvalue weighted by atomic mass is 10.1. The molecule has 156 valence electrons. The van der Waals surface area contributed by atoms with Crippen LogP contribution < -0.4 is 0 Å². The van der Waals surface area contributed by atoms with Crippen LogP contribution in [-0.4, -0.2) is 22.6 Å². The molecule has 1 aliphatic heterocycles. The topological polar surface area (TPSA) is 8.17 Å². The smallest absolute Gasteiger partial charge is 0.132 e. The molecule has 0 spiro atoms. The van der Waals surface area contributed by atoms with Gasteiger partial charge in [0.1, 0.15) is 5.82 Å². The van der Waals surface area contributed by atoms with Crippen molar-refractivity contribution in [2.75, 3.05) is 13.1 Å². The van der Waals surface area contributed by atoms with Crippen molar-refractivity contribution in [3.8, 4) is 0 Å². The van der Waals surface area contributed by atoms with E-state index in [1.807, 2.05) is 6.07 Å². The molecular weight excluding hydrogens is 347 g/mol. The first-order valence-corrected chi connectivity index (χ1v) is 11.8. The maximum Gasteiger partial charge on any atom is 0.132 e. The predicted molar refractivity (Wildman–Crippen MR) is 118 cm³/mol. The molecule has 0 radical (unpaired) electrons. The Balaban J connectivity index is 1.58. The van der Waals surface area contributed by atoms with Crippen LogP contribution in [-0.2, 0) is 13.1 Å². The second kappa shape index (κ2) is 11.6. The number of halogens is 1. The SMILES string of the molecule is CCCCCCCCCCn1cc(CN2CCCCCC2)c2c(F)cccc21. The van der Waals surface area contributed by atoms with E-state index in [1.165, 1.54) is 82.6 Å². The van der Waals surface area contributed by atoms with Gasteiger partial charge in [-0.15, -0.1) is 0 Å². The van der Waals surface area contributed by atoms with Gasteiger partial charge in [-0.05, 0) is 50.0 Å². The van der Waals surface area contributed by atoms with E-state index >= 15 is 0 Å². The fourth-order valence-electron chi connectivity index (χ4n) is 4.65. The van der Waals surface area contributed by atoms with E-state index in [9.17, 15) is 4.39 Å². The third-order valence-electron chi connectivity index (χ3n) is 6.28. The standard InChI is InChI=1S/C25H39FN2/c1-2-3-4-5-6-7-8-13-19-28-21-22(20-27-17-11-9-10-12-18-27)25-23(26)15-14-16-24(25)28/h14-16,21H,2-13,17-20H2,1H3. The van der Waals surface area contributed by atoms with Crippen LogP contribution >= 0.6 is 0 Å². The molecule has 0 unspecified atom stereocenters. The Morgan fingerprint density at radius 1 is 0.857 bits per heavy atom. The van der Waals surface area contributed by atoms with Gasteiger partial charge < -0.3 is 4.57 Å². The Bertz CT molecular complexity index is 698. The summed E-state index contributed by atoms with van der Waals surface area (Å²) in [6.07, 6.45) is 18.1. The van der Waals surface area contributed by atoms with E-state index in [0.717, 1.165) is 37.1 Å². The maximum absolute atomic E-state index is 14.7. The number of hydrogen-bond donors (Lipinski definition) is 0. The van der Waals surface area contributed by atoms with Gasteiger partial charge in [0.15, 0.2) is 0 Å². The summed E-state index contributed by atoms with van der Waals surface area (Å²) in [4.78, 5) is 2.52. The zero-order valence-corrected chi connectivity index (χ0v) is 17.9. The van der Waals surface area contributed by atoms with Crippen LogP contribution in [0.25, 0.3) is 10.9 Å². The molecule has 2 nitrogen and oxygen atoms in total. The highest BCUT2D eigenvalue weighted by Gasteiger charge is 2.16. The van der Waals surface area contributed by atoms with Gasteiger partial charge in [-0.25, -0.2) is 4.39 Å². The summed E-state index contributed by atoms with van der Waals surface area (Å²) in [6, 6.07) is 5.57. The van der Waals surface area contributed by atoms with Gasteiger partial charge >= 0.3 is 0 Å². The van der Waals surface area contributed by atoms with Crippen molar-refractivity contribution in [3.05, 3.63) is 35.8 Å². The molecule has 3 rings (SSSR count). The largest absolute Gasteiger partial charge is 0.347 e. The number of nitrogens with zero attached hydrogens (tertiary/aromatic N) is 2. The van der Waals surface area contributed by atoms with E-state index < -0.39 is 0 Å². The summed E-state index contributed by atoms with van der Waals surface area (Å²) in [7, 11) is 0. The Kier molecular flexibility index (Phi) is 8.85. The number of unbranched alkanes of at least 4 members (excludes halogenated alkanes) is 7. The zero-order chi connectivity index (χ0) is 19.6. The van der Waals surface area contributed by atoms with Gasteiger partial charge in [0.2, 0.25) is 0 Å². The molecule has 1 aliphatic rings. The second-order valence-corrected chi connectivity index (χ2v) is 8.65. The van der Waals surface area contributed by atoms with Crippen LogP contribution in [0, 0.1) is 5.82 Å². The Morgan fingerprint density at radius 3 is 2.25 bits per heavy atom. The second-order valence-electron chi connectivity index (χ2n) is 8.65. The van der Waals surface area contributed by atoms with Crippen LogP contribution in [0.2, 0.25) is 0 Å². The van der Waals surface area contributed by atoms with Crippen LogP contribution in [0.3, 0.4) is 0 Å². The molecule has 0 N–H and O–H groups in total. The number of benzene rings is 1. The molecule has 0 bridgehead atoms. The normalized spacial score (nSPS) is 15.9. The van der Waals surface area contributed by atoms with Crippen molar-refractivity contribution in [2.24, 2.45) is 0 Å². The quantitative estimate of drug-likeness (QED) is 0.368. The lowest BCUT2D eigenvalue weighted by molar-refractivity contribution is 0.277. The van der Waals surface area contributed by atoms with Gasteiger partial charge in [-0.2, -0.15) is 0 Å². The Labute approximate surface area is 171 Å². The summed E-state index contributed by atoms with van der Waals surface area (Å²) in [5.74, 6) is -0.0583. The van der Waals surface area contributed by atoms with Gasteiger partial charge in [-0.1, -0.05) is 70.8 Å². The van der Waals surface area contributed by atoms with Crippen molar-refractivity contribution in [3.63, 3.8) is 0 Å². The molecule has 0 aliphatic carbocycles. The van der Waals surface area contributed by atoms with Crippen molar-refractivity contribution >= 4 is 10.9 Å². The zero-order valence-electron chi connectivity index (χ0n) is 17.9. The number of fused-ring (bicyclic) bond motifs is 1. The third kappa shape index (κ3) is 6.07. The molecule has 0 saturated carbocycles. The van der Waals surface area contributed by atoms with E-state index in [2.05, 4.69) is 28.7 Å². The maximum atomic E-state index is 14.7. The van der Waals surface area contributed by atoms with Gasteiger partial charge in [0.25, 0.3) is 0 Å². The number of likely N-dealkylation sites (tertiary alicyclic amines) is 1. The molecule has 28 heavy (non-hydrogen) atoms. The first-order chi connectivity index (χ1) is 13.8. The van der Waals surface area contributed by atoms with Crippen LogP contribution in [0.15, 0.2) is 24.4 Å². The van der Waals surface area contributed by atoms with Crippen molar-refractivity contribution in [1.82, 2.24) is 9.47 Å². The highest BCUT2D eigenvalue weighted by Crippen LogP contribution is 2.27. The minimum absolute atomic E-state index is 0.0583. The molecule has 1 fully saturated rings. The number of hydrogen-bond acceptors (Lipinski definition) is 1. The molecule has 1 saturated heterocycles. The number of rotatable bonds is 11. The first kappa shape index (κ1) is 21.4. The van der Waals surface area contributed by atoms with Gasteiger partial charge in [0, 0.05) is 24.7 Å². The van der Waals surface area contributed by atoms with Crippen molar-refractivity contribution in [1.29, 1.82) is 0 Å². The fraction of sp³-hybridized carbons (Fsp3) is 0.680. The minimum atomic E-state index is -0.0583. The molecule has 0 atom stereocenters. The fourth-order valence-corrected chi connectivity index (χ4v) is 4.65. The van der Waals surface area contributed by atoms with E-state index in [0.29, 0.717) is 0 Å². The molecule has 1 aromatic carbocycles. The number of aryl methyl sites for hydroxylation is 1. The molecular formula is C25H39FN2. The highest BCUT2D eigenvalue weighted by molar-refractivity contribution is 5.84. The van der Waals surface area contributed by atoms with Crippen LogP contribution in [0.1, 0.15) is 89.5 Å². The molecule has 1 aromatic heterocycles. The summed E-state index contributed by atoms with van der Waals surface area (Å²) >= 11 is 0. The predicted octanol–water partition coefficient (Wildman–Crippen LogP) is 7.30. The minimum Gasteiger partial charge on any atom is -0.347 e. The van der Waals surface area contributed by atoms with Gasteiger partial charge in [-0.3, -0.25) is 4.90 Å². The van der Waals surface area contributed by atoms with Gasteiger partial charge in [0.05, 0.1) is 5.52 Å². The molecule has 3 heteroatoms. The summed E-state index contributed by atoms with van der Waals surface area (Å²) in [6.45, 7) is 6.47. The Morgan fingerprint density at radius 2 is 1.54 bits per heavy atom. The first-order valence-electron chi connectivity index (χ1n) is 11.8. The van der Waals surface area contributed by atoms with E-state index in [1.54, 1.807) is 6.07 Å². The average molecular weight is 387 g/mol. The van der Waals surface area contributed by atoms with Crippen molar-refractivity contribution in [2.45, 2.75) is 97.1 Å². The van der Waals surface area contributed by atoms with Crippen LogP contribution in [0.5, 0.6) is 0 Å². The Hall–Kier alpha value is -1.35. The summed E-state index contributed by atoms with van der Waals surface area (Å²) < 4.78 is 17.0. The average Bonchev–Trinajstić information content (AvgIpc) is 2.86. The molecule has 2 heterocycles. The summed E-state index contributed by atoms with van der Waals surface area (Å²) in [5, 5.41) is 0.853. The molecule has 0 amide bonds. The lowest BCUT2D eigenvalue weighted by Crippen LogP contribution is -2.23. The van der Waals surface area contributed by atoms with Crippen molar-refractivity contribution < 1.29 is 4.39 Å². The summed E-state index contributed by atoms with van der Waals surface area (Å²) in [5.41, 5.74) is 2.25. The molecule has 2 aromatic rings. The van der Waals surface area contributed by atoms with Crippen LogP contribution in [0.4, 0.5) is 4.39 Å². The number of aromatic nitrogens is 1. The monoisotopic (exact) mass is 386 g/mol. The highest BCUT2D eigenvalue weighted by atomic mass is 19.1. The van der Waals surface area contributed by atoms with E-state index in [4.69, 9.17) is 0 Å².